The van der Waals surface area contributed by atoms with Crippen molar-refractivity contribution < 1.29 is 22.8 Å². The molecular weight excluding hydrogens is 343 g/mol. The second-order valence-corrected chi connectivity index (χ2v) is 6.02. The van der Waals surface area contributed by atoms with Crippen LogP contribution in [0, 0.1) is 5.92 Å². The molecule has 0 bridgehead atoms. The number of anilines is 1. The number of hydrogen-bond acceptors (Lipinski definition) is 2. The molecule has 2 aromatic carbocycles. The lowest BCUT2D eigenvalue weighted by molar-refractivity contribution is -0.137. The molecule has 0 saturated heterocycles. The first kappa shape index (κ1) is 19.4. The molecule has 0 aliphatic heterocycles. The number of Topliss-reactive ketones (excluding diaryl/α,β-unsaturated/α-hetero) is 1. The zero-order chi connectivity index (χ0) is 19.3. The third kappa shape index (κ3) is 5.05. The molecule has 0 saturated carbocycles. The Kier molecular flexibility index (Phi) is 5.97. The number of benzene rings is 2. The Balaban J connectivity index is 2.33. The van der Waals surface area contributed by atoms with Crippen LogP contribution in [0.25, 0.3) is 6.08 Å². The maximum Gasteiger partial charge on any atom is 0.416 e. The molecule has 6 heteroatoms. The molecule has 0 fully saturated rings. The third-order valence-electron chi connectivity index (χ3n) is 3.62. The number of alkyl halides is 3. The molecular formula is C20H18F3NO2. The zero-order valence-corrected chi connectivity index (χ0v) is 14.3. The molecule has 2 rings (SSSR count). The normalized spacial score (nSPS) is 12.2. The van der Waals surface area contributed by atoms with Crippen molar-refractivity contribution in [3.8, 4) is 0 Å². The summed E-state index contributed by atoms with van der Waals surface area (Å²) < 4.78 is 38.0. The number of para-hydroxylation sites is 1. The Morgan fingerprint density at radius 3 is 2.04 bits per heavy atom. The van der Waals surface area contributed by atoms with Crippen LogP contribution in [0.5, 0.6) is 0 Å². The van der Waals surface area contributed by atoms with Crippen molar-refractivity contribution in [2.24, 2.45) is 5.92 Å². The first-order chi connectivity index (χ1) is 12.2. The highest BCUT2D eigenvalue weighted by Crippen LogP contribution is 2.29. The molecule has 0 aliphatic carbocycles. The Bertz CT molecular complexity index is 807. The minimum absolute atomic E-state index is 0.108. The van der Waals surface area contributed by atoms with Gasteiger partial charge in [0.25, 0.3) is 5.91 Å². The lowest BCUT2D eigenvalue weighted by Crippen LogP contribution is -2.23. The zero-order valence-electron chi connectivity index (χ0n) is 14.3. The van der Waals surface area contributed by atoms with Gasteiger partial charge in [0.15, 0.2) is 5.78 Å². The molecule has 0 radical (unpaired) electrons. The van der Waals surface area contributed by atoms with Gasteiger partial charge in [0.1, 0.15) is 0 Å². The summed E-state index contributed by atoms with van der Waals surface area (Å²) in [6.07, 6.45) is -3.13. The Morgan fingerprint density at radius 2 is 1.54 bits per heavy atom. The van der Waals surface area contributed by atoms with Crippen LogP contribution in [0.1, 0.15) is 25.0 Å². The summed E-state index contributed by atoms with van der Waals surface area (Å²) in [6.45, 7) is 3.30. The molecule has 26 heavy (non-hydrogen) atoms. The molecule has 1 amide bonds. The number of rotatable bonds is 5. The van der Waals surface area contributed by atoms with Crippen LogP contribution in [-0.4, -0.2) is 11.7 Å². The van der Waals surface area contributed by atoms with Crippen molar-refractivity contribution in [3.05, 3.63) is 71.3 Å². The monoisotopic (exact) mass is 361 g/mol. The van der Waals surface area contributed by atoms with Gasteiger partial charge in [0.05, 0.1) is 11.1 Å². The highest BCUT2D eigenvalue weighted by molar-refractivity contribution is 6.26. The van der Waals surface area contributed by atoms with E-state index in [2.05, 4.69) is 5.32 Å². The highest BCUT2D eigenvalue weighted by atomic mass is 19.4. The Hall–Kier alpha value is -2.89. The molecule has 0 heterocycles. The third-order valence-corrected chi connectivity index (χ3v) is 3.62. The molecule has 3 nitrogen and oxygen atoms in total. The van der Waals surface area contributed by atoms with E-state index in [1.165, 1.54) is 18.2 Å². The summed E-state index contributed by atoms with van der Waals surface area (Å²) in [5.41, 5.74) is -0.0404. The molecule has 0 unspecified atom stereocenters. The van der Waals surface area contributed by atoms with Crippen molar-refractivity contribution in [1.82, 2.24) is 0 Å². The van der Waals surface area contributed by atoms with E-state index in [4.69, 9.17) is 0 Å². The number of carbonyl (C=O) groups is 2. The Morgan fingerprint density at radius 1 is 0.962 bits per heavy atom. The molecule has 0 aromatic heterocycles. The molecule has 1 N–H and O–H groups in total. The first-order valence-corrected chi connectivity index (χ1v) is 7.98. The summed E-state index contributed by atoms with van der Waals surface area (Å²) in [5, 5.41) is 2.63. The summed E-state index contributed by atoms with van der Waals surface area (Å²) in [4.78, 5) is 24.9. The predicted molar refractivity (Wildman–Crippen MR) is 94.3 cm³/mol. The van der Waals surface area contributed by atoms with E-state index < -0.39 is 29.3 Å². The maximum atomic E-state index is 12.7. The molecule has 0 aliphatic rings. The second kappa shape index (κ2) is 7.99. The molecule has 136 valence electrons. The maximum absolute atomic E-state index is 12.7. The molecule has 0 atom stereocenters. The fraction of sp³-hybridized carbons (Fsp3) is 0.200. The minimum Gasteiger partial charge on any atom is -0.322 e. The summed E-state index contributed by atoms with van der Waals surface area (Å²) in [6, 6.07) is 12.9. The van der Waals surface area contributed by atoms with E-state index in [9.17, 15) is 22.8 Å². The largest absolute Gasteiger partial charge is 0.416 e. The second-order valence-electron chi connectivity index (χ2n) is 6.02. The van der Waals surface area contributed by atoms with Gasteiger partial charge in [0.2, 0.25) is 0 Å². The van der Waals surface area contributed by atoms with Gasteiger partial charge >= 0.3 is 6.18 Å². The van der Waals surface area contributed by atoms with Gasteiger partial charge in [-0.3, -0.25) is 9.59 Å². The fourth-order valence-electron chi connectivity index (χ4n) is 2.21. The minimum atomic E-state index is -4.44. The van der Waals surface area contributed by atoms with Gasteiger partial charge in [-0.1, -0.05) is 44.2 Å². The number of amides is 1. The summed E-state index contributed by atoms with van der Waals surface area (Å²) >= 11 is 0. The van der Waals surface area contributed by atoms with Crippen LogP contribution in [0.3, 0.4) is 0 Å². The van der Waals surface area contributed by atoms with Gasteiger partial charge < -0.3 is 5.32 Å². The van der Waals surface area contributed by atoms with Crippen LogP contribution in [-0.2, 0) is 15.8 Å². The van der Waals surface area contributed by atoms with Crippen molar-refractivity contribution in [3.63, 3.8) is 0 Å². The van der Waals surface area contributed by atoms with E-state index in [0.29, 0.717) is 11.3 Å². The lowest BCUT2D eigenvalue weighted by Gasteiger charge is -2.11. The standard InChI is InChI=1S/C20H18F3NO2/c1-13(2)18(25)17(19(26)24-16-6-4-3-5-7-16)12-14-8-10-15(11-9-14)20(21,22)23/h3-13H,1-2H3,(H,24,26)/b17-12-. The Labute approximate surface area is 149 Å². The van der Waals surface area contributed by atoms with Crippen LogP contribution in [0.2, 0.25) is 0 Å². The lowest BCUT2D eigenvalue weighted by atomic mass is 9.97. The van der Waals surface area contributed by atoms with E-state index in [1.807, 2.05) is 0 Å². The molecule has 0 spiro atoms. The van der Waals surface area contributed by atoms with E-state index in [-0.39, 0.29) is 5.57 Å². The van der Waals surface area contributed by atoms with Crippen molar-refractivity contribution >= 4 is 23.5 Å². The van der Waals surface area contributed by atoms with E-state index in [1.54, 1.807) is 44.2 Å². The van der Waals surface area contributed by atoms with Crippen LogP contribution >= 0.6 is 0 Å². The predicted octanol–water partition coefficient (Wildman–Crippen LogP) is 4.95. The van der Waals surface area contributed by atoms with Crippen LogP contribution in [0.15, 0.2) is 60.2 Å². The first-order valence-electron chi connectivity index (χ1n) is 7.98. The number of ketones is 1. The summed E-state index contributed by atoms with van der Waals surface area (Å²) in [5.74, 6) is -1.43. The smallest absolute Gasteiger partial charge is 0.322 e. The van der Waals surface area contributed by atoms with E-state index >= 15 is 0 Å². The van der Waals surface area contributed by atoms with Crippen molar-refractivity contribution in [2.45, 2.75) is 20.0 Å². The fourth-order valence-corrected chi connectivity index (χ4v) is 2.21. The van der Waals surface area contributed by atoms with Crippen LogP contribution in [0.4, 0.5) is 18.9 Å². The number of halogens is 3. The number of carbonyl (C=O) groups excluding carboxylic acids is 2. The van der Waals surface area contributed by atoms with Gasteiger partial charge in [-0.2, -0.15) is 13.2 Å². The van der Waals surface area contributed by atoms with Crippen LogP contribution < -0.4 is 5.32 Å². The quantitative estimate of drug-likeness (QED) is 0.465. The highest BCUT2D eigenvalue weighted by Gasteiger charge is 2.30. The average molecular weight is 361 g/mol. The topological polar surface area (TPSA) is 46.2 Å². The van der Waals surface area contributed by atoms with Gasteiger partial charge in [-0.05, 0) is 35.9 Å². The van der Waals surface area contributed by atoms with Gasteiger partial charge in [-0.25, -0.2) is 0 Å². The molecule has 2 aromatic rings. The number of hydrogen-bond donors (Lipinski definition) is 1. The SMILES string of the molecule is CC(C)C(=O)/C(=C/c1ccc(C(F)(F)F)cc1)C(=O)Nc1ccccc1. The van der Waals surface area contributed by atoms with Gasteiger partial charge in [-0.15, -0.1) is 0 Å². The summed E-state index contributed by atoms with van der Waals surface area (Å²) in [7, 11) is 0. The van der Waals surface area contributed by atoms with E-state index in [0.717, 1.165) is 12.1 Å². The van der Waals surface area contributed by atoms with Crippen molar-refractivity contribution in [1.29, 1.82) is 0 Å². The number of nitrogens with one attached hydrogen (secondary N) is 1. The van der Waals surface area contributed by atoms with Crippen molar-refractivity contribution in [2.75, 3.05) is 5.32 Å². The average Bonchev–Trinajstić information content (AvgIpc) is 2.59. The van der Waals surface area contributed by atoms with Gasteiger partial charge in [0, 0.05) is 11.6 Å².